The summed E-state index contributed by atoms with van der Waals surface area (Å²) in [7, 11) is 0. The molecule has 0 saturated heterocycles. The fraction of sp³-hybridized carbons (Fsp3) is 0.421. The first-order valence-corrected chi connectivity index (χ1v) is 9.81. The Bertz CT molecular complexity index is 633. The van der Waals surface area contributed by atoms with Gasteiger partial charge in [0.15, 0.2) is 0 Å². The summed E-state index contributed by atoms with van der Waals surface area (Å²) in [6, 6.07) is 8.62. The third-order valence-corrected chi connectivity index (χ3v) is 7.71. The van der Waals surface area contributed by atoms with Crippen molar-refractivity contribution in [1.29, 1.82) is 0 Å². The maximum Gasteiger partial charge on any atom is -0.147 e. The van der Waals surface area contributed by atoms with Crippen LogP contribution in [0.25, 0.3) is 0 Å². The molecule has 0 radical (unpaired) electrons. The van der Waals surface area contributed by atoms with Crippen LogP contribution < -0.4 is 3.32 Å². The maximum absolute atomic E-state index is 6.50. The van der Waals surface area contributed by atoms with Gasteiger partial charge in [-0.05, 0) is 0 Å². The first kappa shape index (κ1) is 22.7. The smallest absolute Gasteiger partial charge is 0.147 e. The van der Waals surface area contributed by atoms with Crippen molar-refractivity contribution in [2.75, 3.05) is 0 Å². The zero-order valence-electron chi connectivity index (χ0n) is 14.9. The molecule has 0 heterocycles. The summed E-state index contributed by atoms with van der Waals surface area (Å²) in [5, 5.41) is 0. The summed E-state index contributed by atoms with van der Waals surface area (Å²) in [5.41, 5.74) is 2.91. The Morgan fingerprint density at radius 3 is 2.26 bits per heavy atom. The van der Waals surface area contributed by atoms with Gasteiger partial charge in [0.05, 0.1) is 0 Å². The van der Waals surface area contributed by atoms with E-state index in [1.807, 2.05) is 0 Å². The minimum atomic E-state index is -1.80. The van der Waals surface area contributed by atoms with E-state index in [0.717, 1.165) is 12.2 Å². The third kappa shape index (κ3) is 5.91. The largest absolute Gasteiger partial charge is 0.147 e. The molecule has 0 amide bonds. The van der Waals surface area contributed by atoms with Crippen LogP contribution in [0, 0.1) is 0 Å². The van der Waals surface area contributed by atoms with Crippen molar-refractivity contribution in [1.82, 2.24) is 0 Å². The average Bonchev–Trinajstić information content (AvgIpc) is 2.81. The number of halogens is 2. The Labute approximate surface area is 159 Å². The monoisotopic (exact) mass is 390 g/mol. The molecule has 0 bridgehead atoms. The van der Waals surface area contributed by atoms with Gasteiger partial charge < -0.3 is 0 Å². The predicted octanol–water partition coefficient (Wildman–Crippen LogP) is 6.19. The van der Waals surface area contributed by atoms with E-state index in [0.29, 0.717) is 0 Å². The molecule has 0 N–H and O–H groups in total. The third-order valence-electron chi connectivity index (χ3n) is 3.81. The van der Waals surface area contributed by atoms with E-state index in [1.165, 1.54) is 14.9 Å². The minimum Gasteiger partial charge on any atom is -0.147 e. The van der Waals surface area contributed by atoms with Gasteiger partial charge in [-0.1, -0.05) is 0 Å². The first-order chi connectivity index (χ1) is 9.79. The summed E-state index contributed by atoms with van der Waals surface area (Å²) in [4.78, 5) is 0. The molecular weight excluding hydrogens is 363 g/mol. The number of hydrogen-bond acceptors (Lipinski definition) is 1. The van der Waals surface area contributed by atoms with Crippen molar-refractivity contribution in [3.63, 3.8) is 0 Å². The van der Waals surface area contributed by atoms with Gasteiger partial charge in [-0.3, -0.25) is 0 Å². The maximum atomic E-state index is 6.50. The van der Waals surface area contributed by atoms with Crippen LogP contribution in [0.3, 0.4) is 0 Å². The summed E-state index contributed by atoms with van der Waals surface area (Å²) in [5.74, 6) is 1.03. The van der Waals surface area contributed by atoms with Gasteiger partial charge in [-0.25, -0.2) is 0 Å². The molecule has 4 heteroatoms. The van der Waals surface area contributed by atoms with Crippen molar-refractivity contribution in [2.45, 2.75) is 53.4 Å². The van der Waals surface area contributed by atoms with E-state index in [1.54, 1.807) is 3.88 Å². The van der Waals surface area contributed by atoms with Crippen molar-refractivity contribution >= 4 is 28.6 Å². The van der Waals surface area contributed by atoms with Crippen LogP contribution in [0.5, 0.6) is 5.75 Å². The Hall–Kier alpha value is -0.336. The Morgan fingerprint density at radius 2 is 1.78 bits per heavy atom. The van der Waals surface area contributed by atoms with E-state index >= 15 is 0 Å². The van der Waals surface area contributed by atoms with E-state index in [2.05, 4.69) is 78.0 Å². The molecule has 0 spiro atoms. The summed E-state index contributed by atoms with van der Waals surface area (Å²) in [6.07, 6.45) is 5.57. The van der Waals surface area contributed by atoms with E-state index in [4.69, 9.17) is 3.32 Å². The standard InChI is InChI=1S/C10H14O.C6H7.C3H6.2ClH.Ti/c1-10(2,3)8-5-4-6-9(11)7-8;1-6-4-2-3-5-6;1-3-2;;;/h4-7,11H,1-3H3;2,4H,3H2,1H3;1-2H3;2*1H;/q;;;;;+1/p-1. The molecule has 1 aromatic carbocycles. The fourth-order valence-electron chi connectivity index (χ4n) is 2.50. The first-order valence-electron chi connectivity index (χ1n) is 7.61. The number of hydrogen-bond donors (Lipinski definition) is 0. The zero-order valence-corrected chi connectivity index (χ0v) is 18.1. The van der Waals surface area contributed by atoms with Gasteiger partial charge >= 0.3 is 135 Å². The quantitative estimate of drug-likeness (QED) is 0.559. The van der Waals surface area contributed by atoms with Crippen LogP contribution in [0.1, 0.15) is 53.5 Å². The minimum absolute atomic E-state index is 0. The Kier molecular flexibility index (Phi) is 9.09. The number of allylic oxidation sites excluding steroid dienone is 4. The number of benzene rings is 1. The van der Waals surface area contributed by atoms with Gasteiger partial charge in [-0.2, -0.15) is 0 Å². The predicted molar refractivity (Wildman–Crippen MR) is 103 cm³/mol. The van der Waals surface area contributed by atoms with Crippen LogP contribution in [0.4, 0.5) is 0 Å². The van der Waals surface area contributed by atoms with Gasteiger partial charge in [0.25, 0.3) is 0 Å². The Balaban J connectivity index is 0.00000242. The van der Waals surface area contributed by atoms with Crippen LogP contribution in [0.2, 0.25) is 0 Å². The molecule has 0 atom stereocenters. The van der Waals surface area contributed by atoms with Gasteiger partial charge in [0, 0.05) is 0 Å². The van der Waals surface area contributed by atoms with E-state index in [9.17, 15) is 0 Å². The van der Waals surface area contributed by atoms with Gasteiger partial charge in [0.1, 0.15) is 0 Å². The molecule has 2 rings (SSSR count). The summed E-state index contributed by atoms with van der Waals surface area (Å²) in [6.45, 7) is 13.4. The summed E-state index contributed by atoms with van der Waals surface area (Å²) < 4.78 is 9.52. The van der Waals surface area contributed by atoms with Gasteiger partial charge in [-0.15, -0.1) is 24.8 Å². The molecule has 23 heavy (non-hydrogen) atoms. The van der Waals surface area contributed by atoms with Crippen LogP contribution >= 0.6 is 24.8 Å². The zero-order chi connectivity index (χ0) is 15.6. The molecular formula is C19H28Cl2OTi. The number of rotatable bonds is 3. The molecule has 1 aliphatic carbocycles. The molecule has 0 saturated carbocycles. The molecule has 0 aliphatic heterocycles. The molecule has 128 valence electrons. The Morgan fingerprint density at radius 1 is 1.13 bits per heavy atom. The second-order valence-electron chi connectivity index (χ2n) is 6.98. The van der Waals surface area contributed by atoms with Crippen LogP contribution in [-0.2, 0) is 23.2 Å². The normalized spacial score (nSPS) is 13.3. The molecule has 0 aromatic heterocycles. The topological polar surface area (TPSA) is 9.23 Å². The van der Waals surface area contributed by atoms with Crippen molar-refractivity contribution in [3.8, 4) is 5.75 Å². The molecule has 1 aliphatic rings. The van der Waals surface area contributed by atoms with Crippen molar-refractivity contribution < 1.29 is 21.1 Å². The molecule has 1 nitrogen and oxygen atoms in total. The molecule has 0 fully saturated rings. The molecule has 0 unspecified atom stereocenters. The summed E-state index contributed by atoms with van der Waals surface area (Å²) >= 11 is -1.80. The van der Waals surface area contributed by atoms with E-state index in [-0.39, 0.29) is 30.2 Å². The average molecular weight is 391 g/mol. The van der Waals surface area contributed by atoms with Crippen molar-refractivity contribution in [3.05, 3.63) is 51.4 Å². The second kappa shape index (κ2) is 9.23. The second-order valence-corrected chi connectivity index (χ2v) is 10.8. The fourth-order valence-corrected chi connectivity index (χ4v) is 5.68. The van der Waals surface area contributed by atoms with Crippen LogP contribution in [0.15, 0.2) is 45.9 Å². The van der Waals surface area contributed by atoms with Crippen LogP contribution in [-0.4, -0.2) is 3.81 Å². The SMILES string of the molecule is CC1=[C]([Ti]([O]c2cccc(C(C)(C)C)c2)=[C](C)C)CC=C1.Cl.Cl. The van der Waals surface area contributed by atoms with Crippen molar-refractivity contribution in [2.24, 2.45) is 0 Å². The van der Waals surface area contributed by atoms with Gasteiger partial charge in [0.2, 0.25) is 0 Å². The molecule has 1 aromatic rings. The van der Waals surface area contributed by atoms with E-state index < -0.39 is 17.8 Å².